The standard InChI is InChI=1S/C18H28N2O4S/c1-18(2,3)14-7-9-16(10-8-14)24-13-17(21)20-11-5-6-15(12-20)19-25(4,22)23/h7-10,15,19H,5-6,11-13H2,1-4H3. The second-order valence-electron chi connectivity index (χ2n) is 7.63. The van der Waals surface area contributed by atoms with Crippen LogP contribution in [0.25, 0.3) is 0 Å². The Labute approximate surface area is 150 Å². The van der Waals surface area contributed by atoms with Crippen LogP contribution in [0.5, 0.6) is 5.75 Å². The lowest BCUT2D eigenvalue weighted by molar-refractivity contribution is -0.134. The molecule has 0 spiro atoms. The number of nitrogens with one attached hydrogen (secondary N) is 1. The SMILES string of the molecule is CC(C)(C)c1ccc(OCC(=O)N2CCCC(NS(C)(=O)=O)C2)cc1. The van der Waals surface area contributed by atoms with Gasteiger partial charge in [-0.05, 0) is 36.0 Å². The van der Waals surface area contributed by atoms with E-state index in [9.17, 15) is 13.2 Å². The maximum atomic E-state index is 12.3. The largest absolute Gasteiger partial charge is 0.484 e. The molecule has 1 saturated heterocycles. The number of ether oxygens (including phenoxy) is 1. The molecule has 1 unspecified atom stereocenters. The van der Waals surface area contributed by atoms with Crippen LogP contribution in [0.15, 0.2) is 24.3 Å². The summed E-state index contributed by atoms with van der Waals surface area (Å²) in [7, 11) is -3.26. The van der Waals surface area contributed by atoms with Gasteiger partial charge < -0.3 is 9.64 Å². The number of benzene rings is 1. The molecule has 7 heteroatoms. The van der Waals surface area contributed by atoms with Crippen molar-refractivity contribution in [1.82, 2.24) is 9.62 Å². The molecule has 0 bridgehead atoms. The minimum Gasteiger partial charge on any atom is -0.484 e. The number of piperidine rings is 1. The Bertz CT molecular complexity index is 693. The van der Waals surface area contributed by atoms with Crippen molar-refractivity contribution >= 4 is 15.9 Å². The summed E-state index contributed by atoms with van der Waals surface area (Å²) < 4.78 is 30.9. The first-order valence-electron chi connectivity index (χ1n) is 8.53. The number of sulfonamides is 1. The van der Waals surface area contributed by atoms with E-state index >= 15 is 0 Å². The molecule has 1 amide bonds. The fourth-order valence-electron chi connectivity index (χ4n) is 2.89. The highest BCUT2D eigenvalue weighted by molar-refractivity contribution is 7.88. The van der Waals surface area contributed by atoms with Crippen LogP contribution >= 0.6 is 0 Å². The van der Waals surface area contributed by atoms with Gasteiger partial charge in [0.25, 0.3) is 5.91 Å². The van der Waals surface area contributed by atoms with Crippen LogP contribution < -0.4 is 9.46 Å². The Morgan fingerprint density at radius 1 is 1.28 bits per heavy atom. The number of amides is 1. The molecule has 1 fully saturated rings. The lowest BCUT2D eigenvalue weighted by Crippen LogP contribution is -2.50. The third kappa shape index (κ3) is 6.32. The molecule has 1 heterocycles. The van der Waals surface area contributed by atoms with E-state index in [4.69, 9.17) is 4.74 Å². The average Bonchev–Trinajstić information content (AvgIpc) is 2.51. The number of likely N-dealkylation sites (tertiary alicyclic amines) is 1. The molecular formula is C18H28N2O4S. The number of rotatable bonds is 5. The molecule has 0 aromatic heterocycles. The van der Waals surface area contributed by atoms with Crippen LogP contribution in [0.2, 0.25) is 0 Å². The molecule has 2 rings (SSSR count). The minimum atomic E-state index is -3.26. The molecule has 0 radical (unpaired) electrons. The zero-order valence-corrected chi connectivity index (χ0v) is 16.2. The van der Waals surface area contributed by atoms with Gasteiger partial charge in [0.2, 0.25) is 10.0 Å². The van der Waals surface area contributed by atoms with Crippen molar-refractivity contribution in [3.05, 3.63) is 29.8 Å². The van der Waals surface area contributed by atoms with Crippen LogP contribution in [-0.2, 0) is 20.2 Å². The first kappa shape index (κ1) is 19.7. The zero-order chi connectivity index (χ0) is 18.7. The van der Waals surface area contributed by atoms with Gasteiger partial charge in [-0.3, -0.25) is 4.79 Å². The summed E-state index contributed by atoms with van der Waals surface area (Å²) >= 11 is 0. The monoisotopic (exact) mass is 368 g/mol. The summed E-state index contributed by atoms with van der Waals surface area (Å²) in [6.45, 7) is 7.41. The summed E-state index contributed by atoms with van der Waals surface area (Å²) in [5.74, 6) is 0.532. The van der Waals surface area contributed by atoms with Crippen molar-refractivity contribution in [3.63, 3.8) is 0 Å². The van der Waals surface area contributed by atoms with E-state index in [0.717, 1.165) is 19.1 Å². The first-order valence-corrected chi connectivity index (χ1v) is 10.4. The van der Waals surface area contributed by atoms with Crippen molar-refractivity contribution in [1.29, 1.82) is 0 Å². The Morgan fingerprint density at radius 2 is 1.92 bits per heavy atom. The van der Waals surface area contributed by atoms with E-state index in [2.05, 4.69) is 25.5 Å². The van der Waals surface area contributed by atoms with Crippen LogP contribution in [-0.4, -0.2) is 51.2 Å². The van der Waals surface area contributed by atoms with Crippen LogP contribution in [0.3, 0.4) is 0 Å². The highest BCUT2D eigenvalue weighted by atomic mass is 32.2. The highest BCUT2D eigenvalue weighted by Gasteiger charge is 2.25. The Morgan fingerprint density at radius 3 is 2.48 bits per heavy atom. The van der Waals surface area contributed by atoms with Gasteiger partial charge in [-0.1, -0.05) is 32.9 Å². The Hall–Kier alpha value is -1.60. The third-order valence-corrected chi connectivity index (χ3v) is 5.00. The van der Waals surface area contributed by atoms with Crippen molar-refractivity contribution in [3.8, 4) is 5.75 Å². The van der Waals surface area contributed by atoms with Crippen LogP contribution in [0.4, 0.5) is 0 Å². The van der Waals surface area contributed by atoms with Crippen molar-refractivity contribution in [2.24, 2.45) is 0 Å². The lowest BCUT2D eigenvalue weighted by Gasteiger charge is -2.32. The van der Waals surface area contributed by atoms with Crippen molar-refractivity contribution < 1.29 is 17.9 Å². The quantitative estimate of drug-likeness (QED) is 0.861. The predicted octanol–water partition coefficient (Wildman–Crippen LogP) is 1.90. The van der Waals surface area contributed by atoms with Gasteiger partial charge in [0.1, 0.15) is 5.75 Å². The van der Waals surface area contributed by atoms with Gasteiger partial charge in [0.15, 0.2) is 6.61 Å². The maximum absolute atomic E-state index is 12.3. The summed E-state index contributed by atoms with van der Waals surface area (Å²) in [5.41, 5.74) is 1.28. The molecule has 0 aliphatic carbocycles. The van der Waals surface area contributed by atoms with E-state index in [1.807, 2.05) is 24.3 Å². The fourth-order valence-corrected chi connectivity index (χ4v) is 3.69. The van der Waals surface area contributed by atoms with E-state index in [0.29, 0.717) is 18.8 Å². The number of hydrogen-bond acceptors (Lipinski definition) is 4. The van der Waals surface area contributed by atoms with Gasteiger partial charge >= 0.3 is 0 Å². The molecule has 1 atom stereocenters. The van der Waals surface area contributed by atoms with Crippen LogP contribution in [0.1, 0.15) is 39.2 Å². The number of hydrogen-bond donors (Lipinski definition) is 1. The van der Waals surface area contributed by atoms with E-state index < -0.39 is 10.0 Å². The molecule has 6 nitrogen and oxygen atoms in total. The molecule has 1 aromatic rings. The number of nitrogens with zero attached hydrogens (tertiary/aromatic N) is 1. The second kappa shape index (κ2) is 7.74. The van der Waals surface area contributed by atoms with Gasteiger partial charge in [-0.25, -0.2) is 13.1 Å². The lowest BCUT2D eigenvalue weighted by atomic mass is 9.87. The molecule has 1 aliphatic heterocycles. The summed E-state index contributed by atoms with van der Waals surface area (Å²) in [6.07, 6.45) is 2.66. The molecule has 1 N–H and O–H groups in total. The molecular weight excluding hydrogens is 340 g/mol. The highest BCUT2D eigenvalue weighted by Crippen LogP contribution is 2.24. The Balaban J connectivity index is 1.87. The predicted molar refractivity (Wildman–Crippen MR) is 98.2 cm³/mol. The summed E-state index contributed by atoms with van der Waals surface area (Å²) in [6, 6.07) is 7.54. The Kier molecular flexibility index (Phi) is 6.11. The van der Waals surface area contributed by atoms with Gasteiger partial charge in [-0.15, -0.1) is 0 Å². The second-order valence-corrected chi connectivity index (χ2v) is 9.41. The number of carbonyl (C=O) groups is 1. The van der Waals surface area contributed by atoms with E-state index in [-0.39, 0.29) is 24.0 Å². The van der Waals surface area contributed by atoms with Crippen molar-refractivity contribution in [2.45, 2.75) is 45.1 Å². The first-order chi connectivity index (χ1) is 11.5. The number of carbonyl (C=O) groups excluding carboxylic acids is 1. The normalized spacial score (nSPS) is 18.9. The molecule has 140 valence electrons. The summed E-state index contributed by atoms with van der Waals surface area (Å²) in [5, 5.41) is 0. The van der Waals surface area contributed by atoms with Crippen LogP contribution in [0, 0.1) is 0 Å². The van der Waals surface area contributed by atoms with E-state index in [1.54, 1.807) is 4.90 Å². The smallest absolute Gasteiger partial charge is 0.260 e. The average molecular weight is 368 g/mol. The fraction of sp³-hybridized carbons (Fsp3) is 0.611. The van der Waals surface area contributed by atoms with Gasteiger partial charge in [0, 0.05) is 19.1 Å². The molecule has 0 saturated carbocycles. The zero-order valence-electron chi connectivity index (χ0n) is 15.4. The third-order valence-electron chi connectivity index (χ3n) is 4.24. The maximum Gasteiger partial charge on any atom is 0.260 e. The molecule has 1 aliphatic rings. The molecule has 1 aromatic carbocycles. The van der Waals surface area contributed by atoms with Gasteiger partial charge in [0.05, 0.1) is 6.26 Å². The van der Waals surface area contributed by atoms with E-state index in [1.165, 1.54) is 5.56 Å². The minimum absolute atomic E-state index is 0.0412. The van der Waals surface area contributed by atoms with Crippen molar-refractivity contribution in [2.75, 3.05) is 26.0 Å². The summed E-state index contributed by atoms with van der Waals surface area (Å²) in [4.78, 5) is 14.0. The topological polar surface area (TPSA) is 75.7 Å². The molecule has 25 heavy (non-hydrogen) atoms. The van der Waals surface area contributed by atoms with Gasteiger partial charge in [-0.2, -0.15) is 0 Å².